The minimum Gasteiger partial charge on any atom is -0.504 e. The van der Waals surface area contributed by atoms with Crippen LogP contribution in [0.15, 0.2) is 46.7 Å². The number of carbonyl (C=O) groups is 1. The van der Waals surface area contributed by atoms with E-state index in [0.717, 1.165) is 42.0 Å². The number of unbranched alkanes of at least 4 members (excludes halogenated alkanes) is 2. The standard InChI is InChI=1S/C23H30N2O4/c1-2-3-4-5-19(26)13-20(27)8-6-17-7-9-22(28)23(12-17)29-16-25-14-18-10-11-24-21(18)15-25/h7,9-12,15,19,26,28H,2-6,8,13-14,16H2,1H3/p+1. The van der Waals surface area contributed by atoms with E-state index in [2.05, 4.69) is 11.9 Å². The Kier molecular flexibility index (Phi) is 7.61. The number of hydrogen-bond donors (Lipinski definition) is 3. The van der Waals surface area contributed by atoms with E-state index in [1.54, 1.807) is 18.3 Å². The molecule has 29 heavy (non-hydrogen) atoms. The molecule has 3 N–H and O–H groups in total. The molecule has 2 heterocycles. The van der Waals surface area contributed by atoms with Crippen LogP contribution in [0.4, 0.5) is 0 Å². The molecule has 0 amide bonds. The maximum Gasteiger partial charge on any atom is 0.227 e. The largest absolute Gasteiger partial charge is 0.504 e. The Labute approximate surface area is 172 Å². The highest BCUT2D eigenvalue weighted by Crippen LogP contribution is 2.27. The SMILES string of the molecule is CCCCCC(O)CC(=O)CCc1ccc(O)c(OC[NH+]2C=C3N=CC=C3C2)c1. The summed E-state index contributed by atoms with van der Waals surface area (Å²) in [7, 11) is 0. The predicted molar refractivity (Wildman–Crippen MR) is 112 cm³/mol. The summed E-state index contributed by atoms with van der Waals surface area (Å²) in [6.07, 6.45) is 10.3. The smallest absolute Gasteiger partial charge is 0.227 e. The molecule has 0 aliphatic carbocycles. The fourth-order valence-corrected chi connectivity index (χ4v) is 3.62. The first-order valence-corrected chi connectivity index (χ1v) is 10.5. The number of ether oxygens (including phenoxy) is 1. The Morgan fingerprint density at radius 2 is 2.21 bits per heavy atom. The molecule has 0 radical (unpaired) electrons. The summed E-state index contributed by atoms with van der Waals surface area (Å²) < 4.78 is 5.82. The Hall–Kier alpha value is -2.44. The van der Waals surface area contributed by atoms with Gasteiger partial charge in [-0.05, 0) is 36.6 Å². The predicted octanol–water partition coefficient (Wildman–Crippen LogP) is 2.31. The zero-order valence-corrected chi connectivity index (χ0v) is 17.1. The van der Waals surface area contributed by atoms with E-state index in [0.29, 0.717) is 31.7 Å². The molecule has 2 aliphatic heterocycles. The van der Waals surface area contributed by atoms with Gasteiger partial charge in [-0.15, -0.1) is 0 Å². The van der Waals surface area contributed by atoms with Crippen molar-refractivity contribution in [1.29, 1.82) is 0 Å². The van der Waals surface area contributed by atoms with Crippen LogP contribution in [0.3, 0.4) is 0 Å². The van der Waals surface area contributed by atoms with Crippen molar-refractivity contribution in [2.24, 2.45) is 4.99 Å². The van der Waals surface area contributed by atoms with Gasteiger partial charge in [-0.3, -0.25) is 14.7 Å². The number of aliphatic imine (C=N–C) groups is 1. The summed E-state index contributed by atoms with van der Waals surface area (Å²) in [5, 5.41) is 20.0. The number of phenols is 1. The third-order valence-corrected chi connectivity index (χ3v) is 5.31. The summed E-state index contributed by atoms with van der Waals surface area (Å²) in [6.45, 7) is 3.34. The highest BCUT2D eigenvalue weighted by Gasteiger charge is 2.24. The zero-order valence-electron chi connectivity index (χ0n) is 17.1. The van der Waals surface area contributed by atoms with E-state index < -0.39 is 6.10 Å². The van der Waals surface area contributed by atoms with Crippen LogP contribution in [0.5, 0.6) is 11.5 Å². The van der Waals surface area contributed by atoms with Gasteiger partial charge in [0.1, 0.15) is 24.2 Å². The molecule has 0 bridgehead atoms. The molecular formula is C23H31N2O4+. The molecule has 156 valence electrons. The molecule has 3 rings (SSSR count). The maximum absolute atomic E-state index is 12.1. The van der Waals surface area contributed by atoms with Crippen molar-refractivity contribution in [3.05, 3.63) is 47.3 Å². The summed E-state index contributed by atoms with van der Waals surface area (Å²) in [5.74, 6) is 0.586. The molecule has 6 heteroatoms. The number of rotatable bonds is 12. The van der Waals surface area contributed by atoms with Crippen LogP contribution in [0.25, 0.3) is 0 Å². The van der Waals surface area contributed by atoms with E-state index in [9.17, 15) is 15.0 Å². The first kappa shape index (κ1) is 21.3. The number of nitrogens with one attached hydrogen (secondary N) is 1. The number of aliphatic hydroxyl groups excluding tert-OH is 1. The number of carbonyl (C=O) groups excluding carboxylic acids is 1. The van der Waals surface area contributed by atoms with Crippen LogP contribution in [-0.2, 0) is 11.2 Å². The van der Waals surface area contributed by atoms with Gasteiger partial charge in [0, 0.05) is 24.6 Å². The van der Waals surface area contributed by atoms with Gasteiger partial charge in [-0.2, -0.15) is 0 Å². The Morgan fingerprint density at radius 3 is 3.00 bits per heavy atom. The monoisotopic (exact) mass is 399 g/mol. The van der Waals surface area contributed by atoms with Gasteiger partial charge in [0.05, 0.1) is 6.10 Å². The average Bonchev–Trinajstić information content (AvgIpc) is 3.28. The van der Waals surface area contributed by atoms with Gasteiger partial charge in [-0.25, -0.2) is 0 Å². The van der Waals surface area contributed by atoms with Gasteiger partial charge >= 0.3 is 0 Å². The van der Waals surface area contributed by atoms with Crippen LogP contribution >= 0.6 is 0 Å². The molecule has 0 saturated heterocycles. The number of quaternary nitrogens is 1. The van der Waals surface area contributed by atoms with Gasteiger partial charge in [-0.1, -0.05) is 32.3 Å². The molecule has 1 aromatic rings. The second-order valence-electron chi connectivity index (χ2n) is 7.82. The van der Waals surface area contributed by atoms with Crippen molar-refractivity contribution in [3.8, 4) is 11.5 Å². The number of benzene rings is 1. The van der Waals surface area contributed by atoms with Crippen LogP contribution in [0, 0.1) is 0 Å². The number of fused-ring (bicyclic) bond motifs is 1. The minimum atomic E-state index is -0.538. The Morgan fingerprint density at radius 1 is 1.34 bits per heavy atom. The van der Waals surface area contributed by atoms with Crippen molar-refractivity contribution in [3.63, 3.8) is 0 Å². The van der Waals surface area contributed by atoms with Crippen LogP contribution in [0.2, 0.25) is 0 Å². The molecular weight excluding hydrogens is 368 g/mol. The molecule has 2 atom stereocenters. The van der Waals surface area contributed by atoms with E-state index in [4.69, 9.17) is 4.74 Å². The van der Waals surface area contributed by atoms with Crippen molar-refractivity contribution in [2.45, 2.75) is 58.0 Å². The lowest BCUT2D eigenvalue weighted by Crippen LogP contribution is -3.07. The lowest BCUT2D eigenvalue weighted by atomic mass is 10.0. The topological polar surface area (TPSA) is 83.6 Å². The molecule has 0 spiro atoms. The van der Waals surface area contributed by atoms with Crippen LogP contribution in [0.1, 0.15) is 51.0 Å². The van der Waals surface area contributed by atoms with Gasteiger partial charge in [0.2, 0.25) is 6.73 Å². The number of nitrogens with zero attached hydrogens (tertiary/aromatic N) is 1. The van der Waals surface area contributed by atoms with E-state index >= 15 is 0 Å². The first-order chi connectivity index (χ1) is 14.0. The number of aryl methyl sites for hydroxylation is 1. The summed E-state index contributed by atoms with van der Waals surface area (Å²) in [6, 6.07) is 5.21. The lowest BCUT2D eigenvalue weighted by molar-refractivity contribution is -0.854. The van der Waals surface area contributed by atoms with Crippen molar-refractivity contribution >= 4 is 12.0 Å². The third-order valence-electron chi connectivity index (χ3n) is 5.31. The number of aliphatic hydroxyl groups is 1. The van der Waals surface area contributed by atoms with Crippen LogP contribution in [-0.4, -0.2) is 41.6 Å². The first-order valence-electron chi connectivity index (χ1n) is 10.5. The quantitative estimate of drug-likeness (QED) is 0.471. The molecule has 2 aliphatic rings. The van der Waals surface area contributed by atoms with Gasteiger partial charge in [0.25, 0.3) is 0 Å². The highest BCUT2D eigenvalue weighted by atomic mass is 16.5. The Bertz CT molecular complexity index is 813. The van der Waals surface area contributed by atoms with E-state index in [1.165, 1.54) is 5.57 Å². The molecule has 2 unspecified atom stereocenters. The number of ketones is 1. The number of aromatic hydroxyl groups is 1. The molecule has 0 aromatic heterocycles. The summed E-state index contributed by atoms with van der Waals surface area (Å²) in [5.41, 5.74) is 3.14. The number of phenolic OH excluding ortho intramolecular Hbond substituents is 1. The number of hydrogen-bond acceptors (Lipinski definition) is 5. The van der Waals surface area contributed by atoms with Gasteiger partial charge < -0.3 is 14.9 Å². The summed E-state index contributed by atoms with van der Waals surface area (Å²) in [4.78, 5) is 17.5. The van der Waals surface area contributed by atoms with E-state index in [-0.39, 0.29) is 18.0 Å². The fourth-order valence-electron chi connectivity index (χ4n) is 3.62. The van der Waals surface area contributed by atoms with Gasteiger partial charge in [0.15, 0.2) is 11.5 Å². The van der Waals surface area contributed by atoms with Crippen molar-refractivity contribution < 1.29 is 24.6 Å². The van der Waals surface area contributed by atoms with Crippen molar-refractivity contribution in [1.82, 2.24) is 0 Å². The van der Waals surface area contributed by atoms with Crippen molar-refractivity contribution in [2.75, 3.05) is 13.3 Å². The minimum absolute atomic E-state index is 0.0676. The Balaban J connectivity index is 1.45. The fraction of sp³-hybridized carbons (Fsp3) is 0.478. The molecule has 0 fully saturated rings. The molecule has 6 nitrogen and oxygen atoms in total. The third kappa shape index (κ3) is 6.27. The average molecular weight is 400 g/mol. The number of Topliss-reactive ketones (excluding diaryl/α,β-unsaturated/α-hetero) is 1. The summed E-state index contributed by atoms with van der Waals surface area (Å²) >= 11 is 0. The molecule has 1 aromatic carbocycles. The zero-order chi connectivity index (χ0) is 20.6. The second kappa shape index (κ2) is 10.4. The maximum atomic E-state index is 12.1. The van der Waals surface area contributed by atoms with Crippen LogP contribution < -0.4 is 9.64 Å². The highest BCUT2D eigenvalue weighted by molar-refractivity contribution is 5.80. The van der Waals surface area contributed by atoms with E-state index in [1.807, 2.05) is 18.3 Å². The lowest BCUT2D eigenvalue weighted by Gasteiger charge is -2.13. The molecule has 0 saturated carbocycles. The second-order valence-corrected chi connectivity index (χ2v) is 7.82. The normalized spacial score (nSPS) is 18.3. The number of allylic oxidation sites excluding steroid dienone is 1.